The Balaban J connectivity index is 2.15. The largest absolute Gasteiger partial charge is 0.481 e. The zero-order valence-electron chi connectivity index (χ0n) is 10.1. The number of nitrogens with one attached hydrogen (secondary N) is 1. The maximum Gasteiger partial charge on any atom is 0.313 e. The van der Waals surface area contributed by atoms with Gasteiger partial charge in [0, 0.05) is 17.7 Å². The lowest BCUT2D eigenvalue weighted by Gasteiger charge is -2.02. The smallest absolute Gasteiger partial charge is 0.313 e. The molecule has 0 aliphatic carbocycles. The van der Waals surface area contributed by atoms with E-state index in [-0.39, 0.29) is 11.7 Å². The Kier molecular flexibility index (Phi) is 6.74. The minimum Gasteiger partial charge on any atom is -0.481 e. The first-order valence-electron chi connectivity index (χ1n) is 5.61. The predicted octanol–water partition coefficient (Wildman–Crippen LogP) is 1.18. The lowest BCUT2D eigenvalue weighted by Crippen LogP contribution is -2.27. The molecule has 1 rings (SSSR count). The first-order chi connectivity index (χ1) is 8.61. The molecule has 0 saturated carbocycles. The highest BCUT2D eigenvalue weighted by molar-refractivity contribution is 7.99. The van der Waals surface area contributed by atoms with Crippen molar-refractivity contribution in [2.45, 2.75) is 19.8 Å². The lowest BCUT2D eigenvalue weighted by molar-refractivity contribution is -0.133. The topological polar surface area (TPSA) is 79.3 Å². The SMILES string of the molecule is CCc1nc(CC(=O)NCCSCC(=O)O)cs1. The second kappa shape index (κ2) is 8.10. The summed E-state index contributed by atoms with van der Waals surface area (Å²) in [6, 6.07) is 0. The third-order valence-corrected chi connectivity index (χ3v) is 4.02. The molecule has 1 heterocycles. The molecule has 0 radical (unpaired) electrons. The van der Waals surface area contributed by atoms with Crippen molar-refractivity contribution in [1.29, 1.82) is 0 Å². The van der Waals surface area contributed by atoms with Crippen molar-refractivity contribution in [1.82, 2.24) is 10.3 Å². The highest BCUT2D eigenvalue weighted by Crippen LogP contribution is 2.10. The van der Waals surface area contributed by atoms with Crippen LogP contribution in [-0.4, -0.2) is 40.0 Å². The summed E-state index contributed by atoms with van der Waals surface area (Å²) >= 11 is 2.86. The van der Waals surface area contributed by atoms with E-state index >= 15 is 0 Å². The van der Waals surface area contributed by atoms with Crippen LogP contribution in [0, 0.1) is 0 Å². The van der Waals surface area contributed by atoms with Crippen molar-refractivity contribution in [3.8, 4) is 0 Å². The van der Waals surface area contributed by atoms with E-state index in [0.717, 1.165) is 17.1 Å². The van der Waals surface area contributed by atoms with Gasteiger partial charge in [-0.05, 0) is 6.42 Å². The van der Waals surface area contributed by atoms with Gasteiger partial charge < -0.3 is 10.4 Å². The van der Waals surface area contributed by atoms with Gasteiger partial charge in [-0.15, -0.1) is 23.1 Å². The number of rotatable bonds is 8. The number of carbonyl (C=O) groups excluding carboxylic acids is 1. The minimum absolute atomic E-state index is 0.0705. The number of aromatic nitrogens is 1. The summed E-state index contributed by atoms with van der Waals surface area (Å²) in [5.41, 5.74) is 0.799. The molecule has 0 aliphatic heterocycles. The lowest BCUT2D eigenvalue weighted by atomic mass is 10.3. The number of thioether (sulfide) groups is 1. The summed E-state index contributed by atoms with van der Waals surface area (Å²) in [6.45, 7) is 2.52. The van der Waals surface area contributed by atoms with Crippen molar-refractivity contribution < 1.29 is 14.7 Å². The monoisotopic (exact) mass is 288 g/mol. The van der Waals surface area contributed by atoms with Crippen molar-refractivity contribution >= 4 is 35.0 Å². The van der Waals surface area contributed by atoms with Crippen LogP contribution in [0.25, 0.3) is 0 Å². The highest BCUT2D eigenvalue weighted by Gasteiger charge is 2.06. The Morgan fingerprint density at radius 2 is 2.33 bits per heavy atom. The molecule has 1 amide bonds. The molecule has 0 aromatic carbocycles. The van der Waals surface area contributed by atoms with E-state index in [1.165, 1.54) is 11.8 Å². The molecule has 0 spiro atoms. The summed E-state index contributed by atoms with van der Waals surface area (Å²) in [4.78, 5) is 26.1. The molecular formula is C11H16N2O3S2. The molecule has 0 bridgehead atoms. The van der Waals surface area contributed by atoms with E-state index in [4.69, 9.17) is 5.11 Å². The molecule has 0 atom stereocenters. The normalized spacial score (nSPS) is 10.3. The summed E-state index contributed by atoms with van der Waals surface area (Å²) in [6.07, 6.45) is 1.18. The maximum atomic E-state index is 11.5. The Morgan fingerprint density at radius 1 is 1.56 bits per heavy atom. The van der Waals surface area contributed by atoms with Crippen LogP contribution in [0.2, 0.25) is 0 Å². The van der Waals surface area contributed by atoms with Crippen LogP contribution >= 0.6 is 23.1 Å². The molecule has 18 heavy (non-hydrogen) atoms. The molecule has 1 aromatic heterocycles. The van der Waals surface area contributed by atoms with Crippen LogP contribution < -0.4 is 5.32 Å². The summed E-state index contributed by atoms with van der Waals surface area (Å²) in [5.74, 6) is -0.225. The summed E-state index contributed by atoms with van der Waals surface area (Å²) < 4.78 is 0. The third-order valence-electron chi connectivity index (χ3n) is 2.04. The summed E-state index contributed by atoms with van der Waals surface area (Å²) in [5, 5.41) is 14.1. The van der Waals surface area contributed by atoms with E-state index in [9.17, 15) is 9.59 Å². The van der Waals surface area contributed by atoms with E-state index in [0.29, 0.717) is 18.7 Å². The molecule has 5 nitrogen and oxygen atoms in total. The Labute approximate surface area is 114 Å². The van der Waals surface area contributed by atoms with Crippen molar-refractivity contribution in [3.63, 3.8) is 0 Å². The molecule has 7 heteroatoms. The van der Waals surface area contributed by atoms with Gasteiger partial charge in [0.1, 0.15) is 0 Å². The van der Waals surface area contributed by atoms with E-state index in [2.05, 4.69) is 10.3 Å². The number of aryl methyl sites for hydroxylation is 1. The molecule has 0 unspecified atom stereocenters. The number of aliphatic carboxylic acids is 1. The second-order valence-corrected chi connectivity index (χ2v) is 5.61. The Hall–Kier alpha value is -1.08. The van der Waals surface area contributed by atoms with E-state index < -0.39 is 5.97 Å². The number of hydrogen-bond donors (Lipinski definition) is 2. The van der Waals surface area contributed by atoms with Gasteiger partial charge in [0.25, 0.3) is 0 Å². The number of nitrogens with zero attached hydrogens (tertiary/aromatic N) is 1. The quantitative estimate of drug-likeness (QED) is 0.702. The van der Waals surface area contributed by atoms with Gasteiger partial charge >= 0.3 is 5.97 Å². The fourth-order valence-electron chi connectivity index (χ4n) is 1.24. The molecule has 2 N–H and O–H groups in total. The molecule has 0 saturated heterocycles. The van der Waals surface area contributed by atoms with Gasteiger partial charge in [-0.25, -0.2) is 4.98 Å². The number of amides is 1. The van der Waals surface area contributed by atoms with Gasteiger partial charge in [-0.2, -0.15) is 0 Å². The highest BCUT2D eigenvalue weighted by atomic mass is 32.2. The Bertz CT molecular complexity index is 407. The predicted molar refractivity (Wildman–Crippen MR) is 73.2 cm³/mol. The van der Waals surface area contributed by atoms with Crippen LogP contribution in [0.4, 0.5) is 0 Å². The van der Waals surface area contributed by atoms with Gasteiger partial charge in [-0.1, -0.05) is 6.92 Å². The van der Waals surface area contributed by atoms with Gasteiger partial charge in [0.15, 0.2) is 0 Å². The van der Waals surface area contributed by atoms with Crippen LogP contribution in [0.1, 0.15) is 17.6 Å². The van der Waals surface area contributed by atoms with Crippen molar-refractivity contribution in [2.24, 2.45) is 0 Å². The second-order valence-electron chi connectivity index (χ2n) is 3.56. The van der Waals surface area contributed by atoms with Crippen LogP contribution in [0.5, 0.6) is 0 Å². The number of carboxylic acid groups (broad SMARTS) is 1. The van der Waals surface area contributed by atoms with Crippen molar-refractivity contribution in [3.05, 3.63) is 16.1 Å². The molecule has 1 aromatic rings. The maximum absolute atomic E-state index is 11.5. The fraction of sp³-hybridized carbons (Fsp3) is 0.545. The fourth-order valence-corrected chi connectivity index (χ4v) is 2.55. The average molecular weight is 288 g/mol. The molecule has 100 valence electrons. The zero-order chi connectivity index (χ0) is 13.4. The minimum atomic E-state index is -0.833. The van der Waals surface area contributed by atoms with Crippen molar-refractivity contribution in [2.75, 3.05) is 18.1 Å². The zero-order valence-corrected chi connectivity index (χ0v) is 11.8. The standard InChI is InChI=1S/C11H16N2O3S2/c1-2-10-13-8(6-18-10)5-9(14)12-3-4-17-7-11(15)16/h6H,2-5,7H2,1H3,(H,12,14)(H,15,16). The van der Waals surface area contributed by atoms with Gasteiger partial charge in [-0.3, -0.25) is 9.59 Å². The molecular weight excluding hydrogens is 272 g/mol. The molecule has 0 aliphatic rings. The number of carboxylic acids is 1. The van der Waals surface area contributed by atoms with Crippen LogP contribution in [0.15, 0.2) is 5.38 Å². The van der Waals surface area contributed by atoms with E-state index in [1.807, 2.05) is 12.3 Å². The number of hydrogen-bond acceptors (Lipinski definition) is 5. The first-order valence-corrected chi connectivity index (χ1v) is 7.64. The summed E-state index contributed by atoms with van der Waals surface area (Å²) in [7, 11) is 0. The van der Waals surface area contributed by atoms with Crippen LogP contribution in [-0.2, 0) is 22.4 Å². The average Bonchev–Trinajstić information content (AvgIpc) is 2.76. The number of thiazole rings is 1. The van der Waals surface area contributed by atoms with E-state index in [1.54, 1.807) is 11.3 Å². The van der Waals surface area contributed by atoms with Gasteiger partial charge in [0.2, 0.25) is 5.91 Å². The van der Waals surface area contributed by atoms with Gasteiger partial charge in [0.05, 0.1) is 22.9 Å². The number of carbonyl (C=O) groups is 2. The first kappa shape index (κ1) is 15.0. The molecule has 0 fully saturated rings. The Morgan fingerprint density at radius 3 is 2.94 bits per heavy atom. The third kappa shape index (κ3) is 6.02. The van der Waals surface area contributed by atoms with Crippen LogP contribution in [0.3, 0.4) is 0 Å².